The molecule has 74 valence electrons. The summed E-state index contributed by atoms with van der Waals surface area (Å²) in [6, 6.07) is 0. The summed E-state index contributed by atoms with van der Waals surface area (Å²) in [6.07, 6.45) is 3.28. The zero-order valence-corrected chi connectivity index (χ0v) is 8.24. The first-order chi connectivity index (χ1) is 4.18. The van der Waals surface area contributed by atoms with E-state index in [1.165, 1.54) is 0 Å². The number of hydrogen-bond donors (Lipinski definition) is 0. The third-order valence-electron chi connectivity index (χ3n) is 0. The van der Waals surface area contributed by atoms with Gasteiger partial charge in [0.25, 0.3) is 0 Å². The van der Waals surface area contributed by atoms with Crippen LogP contribution in [0.15, 0.2) is 0 Å². The van der Waals surface area contributed by atoms with E-state index in [0.29, 0.717) is 0 Å². The van der Waals surface area contributed by atoms with Gasteiger partial charge in [0.15, 0.2) is 0 Å². The Labute approximate surface area is 79.8 Å². The van der Waals surface area contributed by atoms with Gasteiger partial charge in [-0.2, -0.15) is 0 Å². The van der Waals surface area contributed by atoms with Gasteiger partial charge in [-0.1, -0.05) is 0 Å². The molecule has 0 aromatic rings. The zero-order valence-electron chi connectivity index (χ0n) is 6.53. The maximum atomic E-state index is 9.87. The topological polar surface area (TPSA) is 17.1 Å². The van der Waals surface area contributed by atoms with E-state index < -0.39 is 18.6 Å². The largest absolute Gasteiger partial charge is 1.00 e. The minimum Gasteiger partial charge on any atom is 1.00 e. The van der Waals surface area contributed by atoms with E-state index in [2.05, 4.69) is 0 Å². The zero-order chi connectivity index (χ0) is 9.99. The van der Waals surface area contributed by atoms with Crippen LogP contribution in [0.4, 0.5) is 25.2 Å². The van der Waals surface area contributed by atoms with E-state index in [-0.39, 0.29) is 18.9 Å². The van der Waals surface area contributed by atoms with Gasteiger partial charge in [0.2, 0.25) is 0 Å². The molecule has 0 radical (unpaired) electrons. The van der Waals surface area contributed by atoms with E-state index in [1.54, 1.807) is 12.5 Å². The average molecular weight is 230 g/mol. The second-order valence-electron chi connectivity index (χ2n) is 1.70. The summed E-state index contributed by atoms with van der Waals surface area (Å²) in [4.78, 5) is 0. The first-order valence-corrected chi connectivity index (χ1v) is 5.99. The van der Waals surface area contributed by atoms with Gasteiger partial charge in [-0.25, -0.2) is 0 Å². The average Bonchev–Trinajstić information content (AvgIpc) is 1.11. The predicted molar refractivity (Wildman–Crippen MR) is 33.6 cm³/mol. The standard InChI is InChI=1S/C2H6OS.F6P.Li/c1-4(2)3;1-7(2,3,4,5)6;/h1-2H3;;/q;-1;+1. The Morgan fingerprint density at radius 2 is 0.917 bits per heavy atom. The van der Waals surface area contributed by atoms with Crippen LogP contribution in [0.3, 0.4) is 0 Å². The number of rotatable bonds is 0. The van der Waals surface area contributed by atoms with E-state index in [4.69, 9.17) is 0 Å². The summed E-state index contributed by atoms with van der Waals surface area (Å²) in [5, 5.41) is 0. The van der Waals surface area contributed by atoms with Crippen molar-refractivity contribution in [1.29, 1.82) is 0 Å². The third-order valence-corrected chi connectivity index (χ3v) is 0. The van der Waals surface area contributed by atoms with Crippen LogP contribution in [0, 0.1) is 0 Å². The molecule has 0 spiro atoms. The third kappa shape index (κ3) is 1790. The van der Waals surface area contributed by atoms with Crippen molar-refractivity contribution in [2.24, 2.45) is 0 Å². The maximum Gasteiger partial charge on any atom is 1.00 e. The van der Waals surface area contributed by atoms with E-state index in [1.807, 2.05) is 0 Å². The SMILES string of the molecule is CS(C)=O.F[P-](F)(F)(F)(F)F.[Li+]. The molecular weight excluding hydrogens is 224 g/mol. The van der Waals surface area contributed by atoms with Crippen molar-refractivity contribution in [2.75, 3.05) is 12.5 Å². The first-order valence-electron chi connectivity index (χ1n) is 2.00. The van der Waals surface area contributed by atoms with E-state index >= 15 is 0 Å². The molecule has 10 heteroatoms. The Hall–Kier alpha value is 0.757. The molecule has 0 unspecified atom stereocenters. The van der Waals surface area contributed by atoms with Crippen LogP contribution >= 0.6 is 7.81 Å². The molecule has 1 nitrogen and oxygen atoms in total. The van der Waals surface area contributed by atoms with Crippen molar-refractivity contribution in [3.05, 3.63) is 0 Å². The Bertz CT molecular complexity index is 143. The second kappa shape index (κ2) is 3.87. The minimum absolute atomic E-state index is 0. The molecule has 0 atom stereocenters. The van der Waals surface area contributed by atoms with Crippen LogP contribution in [0.25, 0.3) is 0 Å². The summed E-state index contributed by atoms with van der Waals surface area (Å²) in [5.74, 6) is 0. The Morgan fingerprint density at radius 3 is 0.917 bits per heavy atom. The summed E-state index contributed by atoms with van der Waals surface area (Å²) >= 11 is 0. The molecule has 12 heavy (non-hydrogen) atoms. The van der Waals surface area contributed by atoms with E-state index in [9.17, 15) is 29.4 Å². The normalized spacial score (nSPS) is 16.4. The van der Waals surface area contributed by atoms with Crippen LogP contribution in [0.1, 0.15) is 0 Å². The molecule has 0 fully saturated rings. The van der Waals surface area contributed by atoms with Gasteiger partial charge in [-0.3, -0.25) is 4.21 Å². The molecule has 0 heterocycles. The molecule has 0 rings (SSSR count). The van der Waals surface area contributed by atoms with Gasteiger partial charge < -0.3 is 0 Å². The summed E-state index contributed by atoms with van der Waals surface area (Å²) < 4.78 is 68.8. The molecule has 0 aliphatic rings. The second-order valence-corrected chi connectivity index (χ2v) is 5.10. The van der Waals surface area contributed by atoms with Gasteiger partial charge >= 0.3 is 51.9 Å². The summed E-state index contributed by atoms with van der Waals surface area (Å²) in [5.41, 5.74) is 0. The van der Waals surface area contributed by atoms with Gasteiger partial charge in [-0.05, 0) is 0 Å². The van der Waals surface area contributed by atoms with E-state index in [0.717, 1.165) is 0 Å². The number of halogens is 6. The molecule has 0 aliphatic carbocycles. The molecule has 0 aromatic heterocycles. The van der Waals surface area contributed by atoms with Gasteiger partial charge in [0.1, 0.15) is 0 Å². The van der Waals surface area contributed by atoms with Crippen LogP contribution in [-0.2, 0) is 10.8 Å². The summed E-state index contributed by atoms with van der Waals surface area (Å²) in [6.45, 7) is 0. The molecule has 0 aliphatic heterocycles. The van der Waals surface area contributed by atoms with Crippen LogP contribution in [-0.4, -0.2) is 16.7 Å². The molecule has 0 aromatic carbocycles. The van der Waals surface area contributed by atoms with Crippen molar-refractivity contribution >= 4 is 18.6 Å². The maximum absolute atomic E-state index is 10.7. The van der Waals surface area contributed by atoms with Gasteiger partial charge in [-0.15, -0.1) is 0 Å². The minimum atomic E-state index is -10.7. The molecule has 0 saturated heterocycles. The molecular formula is C2H6F6LiOPS. The smallest absolute Gasteiger partial charge is 1.00 e. The Kier molecular flexibility index (Phi) is 5.97. The van der Waals surface area contributed by atoms with Crippen molar-refractivity contribution in [3.8, 4) is 0 Å². The quantitative estimate of drug-likeness (QED) is 0.334. The van der Waals surface area contributed by atoms with Crippen molar-refractivity contribution < 1.29 is 48.3 Å². The van der Waals surface area contributed by atoms with Crippen molar-refractivity contribution in [3.63, 3.8) is 0 Å². The molecule has 0 bridgehead atoms. The predicted octanol–water partition coefficient (Wildman–Crippen LogP) is 0.381. The fourth-order valence-corrected chi connectivity index (χ4v) is 0. The number of hydrogen-bond acceptors (Lipinski definition) is 1. The Balaban J connectivity index is -0.000000142. The Morgan fingerprint density at radius 1 is 0.917 bits per heavy atom. The molecule has 0 saturated carbocycles. The van der Waals surface area contributed by atoms with Gasteiger partial charge in [0.05, 0.1) is 0 Å². The van der Waals surface area contributed by atoms with Crippen LogP contribution in [0.5, 0.6) is 0 Å². The summed E-state index contributed by atoms with van der Waals surface area (Å²) in [7, 11) is -11.3. The van der Waals surface area contributed by atoms with Crippen molar-refractivity contribution in [1.82, 2.24) is 0 Å². The molecule has 0 N–H and O–H groups in total. The monoisotopic (exact) mass is 230 g/mol. The van der Waals surface area contributed by atoms with Crippen molar-refractivity contribution in [2.45, 2.75) is 0 Å². The van der Waals surface area contributed by atoms with Crippen LogP contribution in [0.2, 0.25) is 0 Å². The van der Waals surface area contributed by atoms with Gasteiger partial charge in [0, 0.05) is 23.3 Å². The fourth-order valence-electron chi connectivity index (χ4n) is 0. The fraction of sp³-hybridized carbons (Fsp3) is 1.00. The molecule has 0 amide bonds. The first kappa shape index (κ1) is 18.5. The van der Waals surface area contributed by atoms with Crippen LogP contribution < -0.4 is 18.9 Å².